The lowest BCUT2D eigenvalue weighted by atomic mass is 10.3. The molecule has 0 saturated carbocycles. The van der Waals surface area contributed by atoms with Crippen LogP contribution in [-0.2, 0) is 16.0 Å². The molecule has 96 valence electrons. The summed E-state index contributed by atoms with van der Waals surface area (Å²) in [6, 6.07) is 0. The highest BCUT2D eigenvalue weighted by atomic mass is 32.2. The van der Waals surface area contributed by atoms with Crippen molar-refractivity contribution in [3.05, 3.63) is 5.82 Å². The number of aryl methyl sites for hydroxylation is 1. The minimum atomic E-state index is 0.382. The Bertz CT molecular complexity index is 350. The van der Waals surface area contributed by atoms with E-state index >= 15 is 0 Å². The molecule has 5 nitrogen and oxygen atoms in total. The molecule has 0 bridgehead atoms. The predicted octanol–water partition coefficient (Wildman–Crippen LogP) is 1.50. The van der Waals surface area contributed by atoms with Gasteiger partial charge in [0, 0.05) is 26.0 Å². The molecule has 1 aliphatic heterocycles. The minimum absolute atomic E-state index is 0.382. The zero-order valence-electron chi connectivity index (χ0n) is 10.4. The van der Waals surface area contributed by atoms with Crippen molar-refractivity contribution in [2.75, 3.05) is 26.1 Å². The normalized spacial score (nSPS) is 20.0. The third kappa shape index (κ3) is 3.43. The largest absolute Gasteiger partial charge is 0.383 e. The Morgan fingerprint density at radius 3 is 3.12 bits per heavy atom. The summed E-state index contributed by atoms with van der Waals surface area (Å²) >= 11 is 1.72. The van der Waals surface area contributed by atoms with E-state index in [1.54, 1.807) is 18.9 Å². The molecular formula is C11H19N3O2S. The fraction of sp³-hybridized carbons (Fsp3) is 0.818. The van der Waals surface area contributed by atoms with Crippen LogP contribution in [0.15, 0.2) is 5.16 Å². The van der Waals surface area contributed by atoms with E-state index in [1.807, 2.05) is 6.92 Å². The molecule has 6 heteroatoms. The minimum Gasteiger partial charge on any atom is -0.383 e. The number of rotatable bonds is 6. The van der Waals surface area contributed by atoms with Crippen LogP contribution in [0.3, 0.4) is 0 Å². The highest BCUT2D eigenvalue weighted by Crippen LogP contribution is 2.22. The van der Waals surface area contributed by atoms with Gasteiger partial charge in [-0.15, -0.1) is 10.2 Å². The van der Waals surface area contributed by atoms with Crippen LogP contribution in [0.5, 0.6) is 0 Å². The molecule has 2 heterocycles. The van der Waals surface area contributed by atoms with Gasteiger partial charge in [-0.2, -0.15) is 0 Å². The summed E-state index contributed by atoms with van der Waals surface area (Å²) in [6.07, 6.45) is 2.73. The zero-order valence-corrected chi connectivity index (χ0v) is 11.2. The van der Waals surface area contributed by atoms with E-state index in [1.165, 1.54) is 6.42 Å². The molecule has 0 amide bonds. The number of methoxy groups -OCH3 is 1. The SMILES string of the molecule is COCCn1c(C)nnc1SCC1CCCO1. The molecule has 17 heavy (non-hydrogen) atoms. The molecule has 0 spiro atoms. The first-order valence-electron chi connectivity index (χ1n) is 5.94. The van der Waals surface area contributed by atoms with E-state index < -0.39 is 0 Å². The molecule has 1 fully saturated rings. The van der Waals surface area contributed by atoms with Crippen LogP contribution in [-0.4, -0.2) is 46.9 Å². The van der Waals surface area contributed by atoms with Crippen LogP contribution in [0.25, 0.3) is 0 Å². The van der Waals surface area contributed by atoms with Gasteiger partial charge in [-0.1, -0.05) is 11.8 Å². The van der Waals surface area contributed by atoms with Gasteiger partial charge in [0.15, 0.2) is 5.16 Å². The summed E-state index contributed by atoms with van der Waals surface area (Å²) in [6.45, 7) is 4.37. The average molecular weight is 257 g/mol. The maximum atomic E-state index is 5.60. The van der Waals surface area contributed by atoms with E-state index in [4.69, 9.17) is 9.47 Å². The molecule has 0 aromatic carbocycles. The van der Waals surface area contributed by atoms with Crippen molar-refractivity contribution in [3.63, 3.8) is 0 Å². The lowest BCUT2D eigenvalue weighted by molar-refractivity contribution is 0.129. The monoisotopic (exact) mass is 257 g/mol. The second kappa shape index (κ2) is 6.37. The van der Waals surface area contributed by atoms with Gasteiger partial charge >= 0.3 is 0 Å². The van der Waals surface area contributed by atoms with Crippen molar-refractivity contribution in [1.82, 2.24) is 14.8 Å². The van der Waals surface area contributed by atoms with Crippen molar-refractivity contribution in [3.8, 4) is 0 Å². The smallest absolute Gasteiger partial charge is 0.191 e. The maximum absolute atomic E-state index is 5.60. The van der Waals surface area contributed by atoms with Crippen molar-refractivity contribution in [2.24, 2.45) is 0 Å². The Morgan fingerprint density at radius 2 is 2.41 bits per heavy atom. The first kappa shape index (κ1) is 12.9. The summed E-state index contributed by atoms with van der Waals surface area (Å²) in [5, 5.41) is 9.27. The van der Waals surface area contributed by atoms with Crippen molar-refractivity contribution < 1.29 is 9.47 Å². The van der Waals surface area contributed by atoms with Gasteiger partial charge in [-0.05, 0) is 19.8 Å². The predicted molar refractivity (Wildman–Crippen MR) is 66.3 cm³/mol. The summed E-state index contributed by atoms with van der Waals surface area (Å²) in [7, 11) is 1.71. The maximum Gasteiger partial charge on any atom is 0.191 e. The second-order valence-corrected chi connectivity index (χ2v) is 5.11. The molecule has 1 unspecified atom stereocenters. The Morgan fingerprint density at radius 1 is 1.53 bits per heavy atom. The summed E-state index contributed by atoms with van der Waals surface area (Å²) in [4.78, 5) is 0. The van der Waals surface area contributed by atoms with Gasteiger partial charge in [-0.25, -0.2) is 0 Å². The number of thioether (sulfide) groups is 1. The van der Waals surface area contributed by atoms with Crippen molar-refractivity contribution in [2.45, 2.75) is 37.6 Å². The number of ether oxygens (including phenoxy) is 2. The van der Waals surface area contributed by atoms with Crippen LogP contribution in [0.1, 0.15) is 18.7 Å². The molecule has 1 aromatic rings. The van der Waals surface area contributed by atoms with Crippen LogP contribution < -0.4 is 0 Å². The molecule has 0 N–H and O–H groups in total. The summed E-state index contributed by atoms with van der Waals surface area (Å²) in [5.41, 5.74) is 0. The Hall–Kier alpha value is -0.590. The van der Waals surface area contributed by atoms with Crippen molar-refractivity contribution >= 4 is 11.8 Å². The molecule has 1 saturated heterocycles. The average Bonchev–Trinajstić information content (AvgIpc) is 2.94. The van der Waals surface area contributed by atoms with E-state index in [2.05, 4.69) is 14.8 Å². The van der Waals surface area contributed by atoms with E-state index in [9.17, 15) is 0 Å². The summed E-state index contributed by atoms with van der Waals surface area (Å²) in [5.74, 6) is 1.90. The number of hydrogen-bond acceptors (Lipinski definition) is 5. The van der Waals surface area contributed by atoms with E-state index in [0.29, 0.717) is 12.7 Å². The molecule has 0 radical (unpaired) electrons. The van der Waals surface area contributed by atoms with Crippen molar-refractivity contribution in [1.29, 1.82) is 0 Å². The fourth-order valence-corrected chi connectivity index (χ4v) is 2.93. The second-order valence-electron chi connectivity index (χ2n) is 4.12. The Labute approximate surface area is 106 Å². The number of nitrogens with zero attached hydrogens (tertiary/aromatic N) is 3. The molecular weight excluding hydrogens is 238 g/mol. The van der Waals surface area contributed by atoms with Gasteiger partial charge in [0.2, 0.25) is 0 Å². The van der Waals surface area contributed by atoms with Crippen LogP contribution in [0.4, 0.5) is 0 Å². The fourth-order valence-electron chi connectivity index (χ4n) is 1.85. The molecule has 1 aromatic heterocycles. The number of aromatic nitrogens is 3. The highest BCUT2D eigenvalue weighted by molar-refractivity contribution is 7.99. The first-order valence-corrected chi connectivity index (χ1v) is 6.93. The standard InChI is InChI=1S/C11H19N3O2S/c1-9-12-13-11(14(9)5-7-15-2)17-8-10-4-3-6-16-10/h10H,3-8H2,1-2H3. The van der Waals surface area contributed by atoms with E-state index in [-0.39, 0.29) is 0 Å². The quantitative estimate of drug-likeness (QED) is 0.723. The van der Waals surface area contributed by atoms with Crippen LogP contribution in [0, 0.1) is 6.92 Å². The molecule has 2 rings (SSSR count). The van der Waals surface area contributed by atoms with Gasteiger partial charge in [-0.3, -0.25) is 0 Å². The topological polar surface area (TPSA) is 49.2 Å². The molecule has 0 aliphatic carbocycles. The third-order valence-corrected chi connectivity index (χ3v) is 3.94. The number of hydrogen-bond donors (Lipinski definition) is 0. The molecule has 1 atom stereocenters. The van der Waals surface area contributed by atoms with Gasteiger partial charge in [0.1, 0.15) is 5.82 Å². The van der Waals surface area contributed by atoms with Crippen LogP contribution in [0.2, 0.25) is 0 Å². The summed E-state index contributed by atoms with van der Waals surface area (Å²) < 4.78 is 12.8. The van der Waals surface area contributed by atoms with Gasteiger partial charge in [0.05, 0.1) is 12.7 Å². The van der Waals surface area contributed by atoms with Gasteiger partial charge in [0.25, 0.3) is 0 Å². The van der Waals surface area contributed by atoms with Crippen LogP contribution >= 0.6 is 11.8 Å². The highest BCUT2D eigenvalue weighted by Gasteiger charge is 2.17. The Balaban J connectivity index is 1.90. The van der Waals surface area contributed by atoms with E-state index in [0.717, 1.165) is 36.3 Å². The lowest BCUT2D eigenvalue weighted by Crippen LogP contribution is -2.11. The zero-order chi connectivity index (χ0) is 12.1. The third-order valence-electron chi connectivity index (χ3n) is 2.84. The lowest BCUT2D eigenvalue weighted by Gasteiger charge is -2.10. The molecule has 1 aliphatic rings. The first-order chi connectivity index (χ1) is 8.31. The van der Waals surface area contributed by atoms with Gasteiger partial charge < -0.3 is 14.0 Å². The Kier molecular flexibility index (Phi) is 4.82.